The number of nitrogens with zero attached hydrogens (tertiary/aromatic N) is 1. The Labute approximate surface area is 119 Å². The number of nitrogens with one attached hydrogen (secondary N) is 1. The van der Waals surface area contributed by atoms with Gasteiger partial charge in [-0.3, -0.25) is 0 Å². The van der Waals surface area contributed by atoms with E-state index >= 15 is 0 Å². The van der Waals surface area contributed by atoms with Gasteiger partial charge in [-0.25, -0.2) is 12.7 Å². The van der Waals surface area contributed by atoms with Crippen LogP contribution in [0.2, 0.25) is 0 Å². The fourth-order valence-corrected chi connectivity index (χ4v) is 4.60. The molecule has 1 rings (SSSR count). The third kappa shape index (κ3) is 6.23. The van der Waals surface area contributed by atoms with Gasteiger partial charge in [-0.2, -0.15) is 0 Å². The summed E-state index contributed by atoms with van der Waals surface area (Å²) in [4.78, 5) is 0. The van der Waals surface area contributed by atoms with Crippen molar-refractivity contribution in [3.8, 4) is 0 Å². The molecule has 0 amide bonds. The fourth-order valence-electron chi connectivity index (χ4n) is 2.54. The molecule has 0 aromatic carbocycles. The largest absolute Gasteiger partial charge is 0.313 e. The molecule has 19 heavy (non-hydrogen) atoms. The van der Waals surface area contributed by atoms with E-state index in [1.165, 1.54) is 0 Å². The highest BCUT2D eigenvalue weighted by Crippen LogP contribution is 2.15. The van der Waals surface area contributed by atoms with Gasteiger partial charge in [0.2, 0.25) is 10.0 Å². The van der Waals surface area contributed by atoms with Crippen LogP contribution in [0.5, 0.6) is 0 Å². The molecule has 0 saturated carbocycles. The second kappa shape index (κ2) is 7.60. The fraction of sp³-hybridized carbons (Fsp3) is 1.00. The Balaban J connectivity index is 2.67. The van der Waals surface area contributed by atoms with Crippen LogP contribution in [0.15, 0.2) is 0 Å². The van der Waals surface area contributed by atoms with E-state index in [0.717, 1.165) is 25.8 Å². The predicted octanol–water partition coefficient (Wildman–Crippen LogP) is 2.07. The summed E-state index contributed by atoms with van der Waals surface area (Å²) < 4.78 is 26.8. The molecular weight excluding hydrogens is 260 g/mol. The summed E-state index contributed by atoms with van der Waals surface area (Å²) >= 11 is 0. The molecule has 1 aliphatic rings. The van der Waals surface area contributed by atoms with E-state index in [9.17, 15) is 8.42 Å². The van der Waals surface area contributed by atoms with Crippen LogP contribution >= 0.6 is 0 Å². The smallest absolute Gasteiger partial charge is 0.215 e. The van der Waals surface area contributed by atoms with Gasteiger partial charge in [0.05, 0.1) is 5.75 Å². The van der Waals surface area contributed by atoms with Crippen molar-refractivity contribution in [1.29, 1.82) is 0 Å². The molecule has 1 N–H and O–H groups in total. The van der Waals surface area contributed by atoms with Crippen molar-refractivity contribution in [3.63, 3.8) is 0 Å². The monoisotopic (exact) mass is 290 g/mol. The highest BCUT2D eigenvalue weighted by molar-refractivity contribution is 7.89. The zero-order chi connectivity index (χ0) is 14.5. The Morgan fingerprint density at radius 1 is 1.11 bits per heavy atom. The zero-order valence-electron chi connectivity index (χ0n) is 12.9. The lowest BCUT2D eigenvalue weighted by molar-refractivity contribution is 0.328. The van der Waals surface area contributed by atoms with Crippen LogP contribution < -0.4 is 5.32 Å². The molecule has 0 aliphatic carbocycles. The Kier molecular flexibility index (Phi) is 6.77. The summed E-state index contributed by atoms with van der Waals surface area (Å²) in [5.41, 5.74) is 0. The number of piperidine rings is 1. The van der Waals surface area contributed by atoms with E-state index in [4.69, 9.17) is 0 Å². The summed E-state index contributed by atoms with van der Waals surface area (Å²) in [5, 5.41) is 3.33. The molecule has 1 atom stereocenters. The van der Waals surface area contributed by atoms with Crippen LogP contribution in [0.4, 0.5) is 0 Å². The van der Waals surface area contributed by atoms with E-state index in [1.807, 2.05) is 0 Å². The first-order valence-corrected chi connectivity index (χ1v) is 9.13. The van der Waals surface area contributed by atoms with Crippen molar-refractivity contribution < 1.29 is 8.42 Å². The van der Waals surface area contributed by atoms with Crippen molar-refractivity contribution in [2.24, 2.45) is 11.8 Å². The third-order valence-corrected chi connectivity index (χ3v) is 5.26. The first-order chi connectivity index (χ1) is 8.81. The van der Waals surface area contributed by atoms with Crippen molar-refractivity contribution in [2.75, 3.05) is 25.4 Å². The average molecular weight is 290 g/mol. The lowest BCUT2D eigenvalue weighted by atomic mass is 10.1. The Morgan fingerprint density at radius 3 is 2.11 bits per heavy atom. The molecule has 0 bridgehead atoms. The van der Waals surface area contributed by atoms with Gasteiger partial charge in [0.25, 0.3) is 0 Å². The van der Waals surface area contributed by atoms with Crippen LogP contribution in [-0.4, -0.2) is 44.2 Å². The highest BCUT2D eigenvalue weighted by Gasteiger charge is 2.27. The Morgan fingerprint density at radius 2 is 1.68 bits per heavy atom. The first kappa shape index (κ1) is 16.9. The summed E-state index contributed by atoms with van der Waals surface area (Å²) in [5.74, 6) is 0.993. The third-order valence-electron chi connectivity index (χ3n) is 3.36. The lowest BCUT2D eigenvalue weighted by Gasteiger charge is -2.29. The molecule has 5 heteroatoms. The second-order valence-electron chi connectivity index (χ2n) is 6.53. The maximum absolute atomic E-state index is 12.6. The van der Waals surface area contributed by atoms with Gasteiger partial charge in [-0.05, 0) is 31.2 Å². The van der Waals surface area contributed by atoms with Gasteiger partial charge in [-0.15, -0.1) is 0 Å². The van der Waals surface area contributed by atoms with E-state index in [1.54, 1.807) is 4.31 Å². The van der Waals surface area contributed by atoms with Crippen LogP contribution in [0.1, 0.15) is 47.0 Å². The number of hydrogen-bond donors (Lipinski definition) is 1. The van der Waals surface area contributed by atoms with E-state index in [-0.39, 0.29) is 11.8 Å². The van der Waals surface area contributed by atoms with E-state index in [0.29, 0.717) is 24.9 Å². The molecule has 0 radical (unpaired) electrons. The molecule has 1 saturated heterocycles. The van der Waals surface area contributed by atoms with Crippen LogP contribution in [0, 0.1) is 11.8 Å². The normalized spacial score (nSPS) is 21.5. The van der Waals surface area contributed by atoms with Crippen molar-refractivity contribution in [2.45, 2.75) is 53.0 Å². The van der Waals surface area contributed by atoms with Crippen LogP contribution in [0.3, 0.4) is 0 Å². The van der Waals surface area contributed by atoms with Gasteiger partial charge in [0.1, 0.15) is 0 Å². The second-order valence-corrected chi connectivity index (χ2v) is 8.54. The topological polar surface area (TPSA) is 49.4 Å². The Bertz CT molecular complexity index is 336. The molecule has 0 spiro atoms. The van der Waals surface area contributed by atoms with E-state index < -0.39 is 10.0 Å². The summed E-state index contributed by atoms with van der Waals surface area (Å²) in [6.07, 6.45) is 3.29. The summed E-state index contributed by atoms with van der Waals surface area (Å²) in [6, 6.07) is 0.139. The minimum atomic E-state index is -3.14. The molecule has 0 aromatic heterocycles. The van der Waals surface area contributed by atoms with Gasteiger partial charge in [0.15, 0.2) is 0 Å². The summed E-state index contributed by atoms with van der Waals surface area (Å²) in [6.45, 7) is 10.5. The lowest BCUT2D eigenvalue weighted by Crippen LogP contribution is -2.46. The van der Waals surface area contributed by atoms with Gasteiger partial charge in [-0.1, -0.05) is 34.1 Å². The van der Waals surface area contributed by atoms with Crippen molar-refractivity contribution in [3.05, 3.63) is 0 Å². The average Bonchev–Trinajstić information content (AvgIpc) is 2.27. The van der Waals surface area contributed by atoms with Crippen LogP contribution in [0.25, 0.3) is 0 Å². The molecule has 1 fully saturated rings. The minimum absolute atomic E-state index is 0.139. The van der Waals surface area contributed by atoms with Crippen molar-refractivity contribution >= 4 is 10.0 Å². The number of sulfonamides is 1. The molecule has 0 aromatic rings. The zero-order valence-corrected chi connectivity index (χ0v) is 13.7. The highest BCUT2D eigenvalue weighted by atomic mass is 32.2. The molecule has 1 aliphatic heterocycles. The summed E-state index contributed by atoms with van der Waals surface area (Å²) in [7, 11) is -3.14. The van der Waals surface area contributed by atoms with E-state index in [2.05, 4.69) is 33.0 Å². The minimum Gasteiger partial charge on any atom is -0.313 e. The molecule has 1 heterocycles. The number of rotatable bonds is 7. The maximum atomic E-state index is 12.6. The predicted molar refractivity (Wildman–Crippen MR) is 80.7 cm³/mol. The molecular formula is C14H30N2O2S. The Hall–Kier alpha value is -0.130. The standard InChI is InChI=1S/C14H30N2O2S/c1-12(2)9-16(10-13(3)4)19(17,18)11-14-7-5-6-8-15-14/h12-15H,5-11H2,1-4H3. The van der Waals surface area contributed by atoms with Crippen LogP contribution in [-0.2, 0) is 10.0 Å². The SMILES string of the molecule is CC(C)CN(CC(C)C)S(=O)(=O)CC1CCCCN1. The van der Waals surface area contributed by atoms with Gasteiger partial charge < -0.3 is 5.32 Å². The maximum Gasteiger partial charge on any atom is 0.215 e. The quantitative estimate of drug-likeness (QED) is 0.781. The molecule has 1 unspecified atom stereocenters. The van der Waals surface area contributed by atoms with Gasteiger partial charge in [0, 0.05) is 19.1 Å². The molecule has 114 valence electrons. The number of hydrogen-bond acceptors (Lipinski definition) is 3. The molecule has 4 nitrogen and oxygen atoms in total. The first-order valence-electron chi connectivity index (χ1n) is 7.52. The van der Waals surface area contributed by atoms with Crippen molar-refractivity contribution in [1.82, 2.24) is 9.62 Å². The van der Waals surface area contributed by atoms with Gasteiger partial charge >= 0.3 is 0 Å².